The summed E-state index contributed by atoms with van der Waals surface area (Å²) >= 11 is 0. The van der Waals surface area contributed by atoms with Crippen LogP contribution in [0.25, 0.3) is 10.4 Å². The van der Waals surface area contributed by atoms with E-state index in [1.165, 1.54) is 64.2 Å². The molecule has 0 aromatic heterocycles. The molecule has 6 rings (SSSR count). The minimum atomic E-state index is -0.960. The van der Waals surface area contributed by atoms with E-state index in [-0.39, 0.29) is 25.9 Å². The van der Waals surface area contributed by atoms with Crippen molar-refractivity contribution in [3.05, 3.63) is 154 Å². The van der Waals surface area contributed by atoms with Crippen molar-refractivity contribution in [2.75, 3.05) is 13.2 Å². The van der Waals surface area contributed by atoms with Gasteiger partial charge in [0.2, 0.25) is 0 Å². The van der Waals surface area contributed by atoms with Gasteiger partial charge in [-0.1, -0.05) is 210 Å². The number of ether oxygens (including phenoxy) is 8. The largest absolute Gasteiger partial charge is 0.374 e. The molecule has 0 radical (unpaired) electrons. The molecule has 0 aliphatic carbocycles. The lowest BCUT2D eigenvalue weighted by molar-refractivity contribution is -0.329. The Bertz CT molecular complexity index is 1920. The van der Waals surface area contributed by atoms with E-state index in [9.17, 15) is 5.53 Å². The van der Waals surface area contributed by atoms with E-state index in [1.807, 2.05) is 135 Å². The van der Waals surface area contributed by atoms with Crippen LogP contribution in [0.2, 0.25) is 0 Å². The Kier molecular flexibility index (Phi) is 22.5. The van der Waals surface area contributed by atoms with Crippen LogP contribution in [0.5, 0.6) is 0 Å². The summed E-state index contributed by atoms with van der Waals surface area (Å²) in [5.74, 6) is -0.848. The van der Waals surface area contributed by atoms with Gasteiger partial charge in [0.1, 0.15) is 24.4 Å². The Morgan fingerprint density at radius 3 is 1.50 bits per heavy atom. The first-order chi connectivity index (χ1) is 32.4. The lowest BCUT2D eigenvalue weighted by Gasteiger charge is -2.46. The highest BCUT2D eigenvalue weighted by molar-refractivity contribution is 5.16. The molecule has 4 aromatic rings. The summed E-state index contributed by atoms with van der Waals surface area (Å²) in [4.78, 5) is 3.29. The Hall–Kier alpha value is -4.13. The molecule has 0 N–H and O–H groups in total. The van der Waals surface area contributed by atoms with Crippen molar-refractivity contribution in [2.45, 2.75) is 185 Å². The van der Waals surface area contributed by atoms with Crippen molar-refractivity contribution in [3.63, 3.8) is 0 Å². The molecule has 2 fully saturated rings. The molecule has 358 valence electrons. The van der Waals surface area contributed by atoms with Crippen molar-refractivity contribution < 1.29 is 37.9 Å². The SMILES string of the molecule is CCCCCCCCCCCCCC[C@H]1OC(C)(C)O[C@H]1[C@H](CO[C@H]1O[C@H](COCc2ccccc2)[C@H](OCc2ccccc2)[C@H](OCc2ccccc2)[C@H]1OCc1ccccc1)N=[N+]=[N-]. The molecule has 2 aliphatic rings. The molecule has 0 spiro atoms. The molecular formula is C55H75N3O8. The van der Waals surface area contributed by atoms with Gasteiger partial charge in [-0.3, -0.25) is 0 Å². The van der Waals surface area contributed by atoms with Crippen molar-refractivity contribution in [2.24, 2.45) is 5.11 Å². The lowest BCUT2D eigenvalue weighted by atomic mass is 9.97. The second kappa shape index (κ2) is 28.9. The van der Waals surface area contributed by atoms with Gasteiger partial charge < -0.3 is 37.9 Å². The second-order valence-corrected chi connectivity index (χ2v) is 18.2. The molecule has 2 aliphatic heterocycles. The van der Waals surface area contributed by atoms with Gasteiger partial charge in [0.25, 0.3) is 0 Å². The summed E-state index contributed by atoms with van der Waals surface area (Å²) in [5.41, 5.74) is 14.0. The topological polar surface area (TPSA) is 123 Å². The third-order valence-electron chi connectivity index (χ3n) is 12.4. The normalized spacial score (nSPS) is 23.0. The third kappa shape index (κ3) is 17.5. The van der Waals surface area contributed by atoms with Crippen LogP contribution < -0.4 is 0 Å². The first-order valence-corrected chi connectivity index (χ1v) is 24.7. The van der Waals surface area contributed by atoms with Crippen LogP contribution in [-0.4, -0.2) is 68.0 Å². The van der Waals surface area contributed by atoms with Gasteiger partial charge in [0, 0.05) is 4.91 Å². The average Bonchev–Trinajstić information content (AvgIpc) is 3.66. The number of hydrogen-bond donors (Lipinski definition) is 0. The van der Waals surface area contributed by atoms with Crippen molar-refractivity contribution in [1.29, 1.82) is 0 Å². The molecule has 4 aromatic carbocycles. The van der Waals surface area contributed by atoms with Gasteiger partial charge in [0.15, 0.2) is 12.1 Å². The average molecular weight is 906 g/mol. The van der Waals surface area contributed by atoms with Crippen LogP contribution in [0.3, 0.4) is 0 Å². The van der Waals surface area contributed by atoms with E-state index >= 15 is 0 Å². The predicted molar refractivity (Wildman–Crippen MR) is 258 cm³/mol. The van der Waals surface area contributed by atoms with Crippen LogP contribution >= 0.6 is 0 Å². The first kappa shape index (κ1) is 51.3. The standard InChI is InChI=1S/C55H75N3O8/c1-4-5-6-7-8-9-10-11-12-13-14-27-36-48-50(66-55(2,3)65-48)47(57-58-56)41-63-54-53(62-40-46-34-25-18-26-35-46)52(61-39-45-32-23-17-24-33-45)51(60-38-44-30-21-16-22-31-44)49(64-54)42-59-37-43-28-19-15-20-29-43/h15-26,28-35,47-54H,4-14,27,36-42H2,1-3H3/t47-,48+,49+,50-,51-,52-,53+,54-/m0/s1. The van der Waals surface area contributed by atoms with E-state index in [4.69, 9.17) is 37.9 Å². The van der Waals surface area contributed by atoms with Crippen LogP contribution in [0.1, 0.15) is 126 Å². The maximum Gasteiger partial charge on any atom is 0.186 e. The molecule has 2 saturated heterocycles. The fourth-order valence-electron chi connectivity index (χ4n) is 8.93. The van der Waals surface area contributed by atoms with Gasteiger partial charge in [0.05, 0.1) is 57.9 Å². The second-order valence-electron chi connectivity index (χ2n) is 18.2. The summed E-state index contributed by atoms with van der Waals surface area (Å²) in [7, 11) is 0. The van der Waals surface area contributed by atoms with Gasteiger partial charge in [-0.2, -0.15) is 0 Å². The zero-order valence-corrected chi connectivity index (χ0v) is 39.7. The Labute approximate surface area is 394 Å². The molecular weight excluding hydrogens is 831 g/mol. The molecule has 0 saturated carbocycles. The Morgan fingerprint density at radius 1 is 0.545 bits per heavy atom. The molecule has 2 heterocycles. The van der Waals surface area contributed by atoms with Crippen molar-refractivity contribution >= 4 is 0 Å². The van der Waals surface area contributed by atoms with Gasteiger partial charge in [-0.15, -0.1) is 0 Å². The van der Waals surface area contributed by atoms with Crippen LogP contribution in [0.4, 0.5) is 0 Å². The Balaban J connectivity index is 1.19. The number of unbranched alkanes of at least 4 members (excludes halogenated alkanes) is 11. The summed E-state index contributed by atoms with van der Waals surface area (Å²) < 4.78 is 53.7. The molecule has 0 unspecified atom stereocenters. The quantitative estimate of drug-likeness (QED) is 0.0212. The highest BCUT2D eigenvalue weighted by Crippen LogP contribution is 2.36. The van der Waals surface area contributed by atoms with Gasteiger partial charge in [-0.05, 0) is 48.1 Å². The molecule has 11 heteroatoms. The fraction of sp³-hybridized carbons (Fsp3) is 0.564. The number of rotatable bonds is 31. The lowest BCUT2D eigenvalue weighted by Crippen LogP contribution is -2.62. The maximum absolute atomic E-state index is 9.94. The highest BCUT2D eigenvalue weighted by Gasteiger charge is 2.50. The molecule has 11 nitrogen and oxygen atoms in total. The van der Waals surface area contributed by atoms with Crippen LogP contribution in [0.15, 0.2) is 126 Å². The Morgan fingerprint density at radius 2 is 1.00 bits per heavy atom. The summed E-state index contributed by atoms with van der Waals surface area (Å²) in [6.07, 6.45) is 11.6. The zero-order chi connectivity index (χ0) is 46.1. The molecule has 8 atom stereocenters. The minimum absolute atomic E-state index is 0.00247. The van der Waals surface area contributed by atoms with Crippen molar-refractivity contribution in [3.8, 4) is 0 Å². The van der Waals surface area contributed by atoms with Gasteiger partial charge in [-0.25, -0.2) is 0 Å². The summed E-state index contributed by atoms with van der Waals surface area (Å²) in [5, 5.41) is 4.28. The summed E-state index contributed by atoms with van der Waals surface area (Å²) in [6.45, 7) is 7.57. The minimum Gasteiger partial charge on any atom is -0.374 e. The molecule has 0 bridgehead atoms. The maximum atomic E-state index is 9.94. The number of benzene rings is 4. The first-order valence-electron chi connectivity index (χ1n) is 24.7. The van der Waals surface area contributed by atoms with E-state index in [0.717, 1.165) is 41.5 Å². The molecule has 66 heavy (non-hydrogen) atoms. The number of azide groups is 1. The van der Waals surface area contributed by atoms with Gasteiger partial charge >= 0.3 is 0 Å². The number of nitrogens with zero attached hydrogens (tertiary/aromatic N) is 3. The van der Waals surface area contributed by atoms with E-state index in [0.29, 0.717) is 19.8 Å². The summed E-state index contributed by atoms with van der Waals surface area (Å²) in [6, 6.07) is 39.5. The zero-order valence-electron chi connectivity index (χ0n) is 39.7. The fourth-order valence-corrected chi connectivity index (χ4v) is 8.93. The van der Waals surface area contributed by atoms with E-state index < -0.39 is 48.6 Å². The number of hydrogen-bond acceptors (Lipinski definition) is 9. The van der Waals surface area contributed by atoms with Crippen LogP contribution in [0, 0.1) is 0 Å². The smallest absolute Gasteiger partial charge is 0.186 e. The van der Waals surface area contributed by atoms with E-state index in [1.54, 1.807) is 0 Å². The predicted octanol–water partition coefficient (Wildman–Crippen LogP) is 13.0. The highest BCUT2D eigenvalue weighted by atomic mass is 16.8. The van der Waals surface area contributed by atoms with E-state index in [2.05, 4.69) is 16.9 Å². The van der Waals surface area contributed by atoms with Crippen LogP contribution in [-0.2, 0) is 64.3 Å². The van der Waals surface area contributed by atoms with Crippen molar-refractivity contribution in [1.82, 2.24) is 0 Å². The monoisotopic (exact) mass is 906 g/mol. The third-order valence-corrected chi connectivity index (χ3v) is 12.4. The molecule has 0 amide bonds.